The van der Waals surface area contributed by atoms with Gasteiger partial charge >= 0.3 is 0 Å². The van der Waals surface area contributed by atoms with Gasteiger partial charge < -0.3 is 0 Å². The molecule has 240 valence electrons. The first-order chi connectivity index (χ1) is 22.1. The van der Waals surface area contributed by atoms with Crippen molar-refractivity contribution >= 4 is 0 Å². The minimum Gasteiger partial charge on any atom is -0.193 e. The van der Waals surface area contributed by atoms with Gasteiger partial charge in [0.1, 0.15) is 12.2 Å². The molecule has 4 unspecified atom stereocenters. The van der Waals surface area contributed by atoms with E-state index in [9.17, 15) is 0 Å². The zero-order valence-corrected chi connectivity index (χ0v) is 28.0. The van der Waals surface area contributed by atoms with E-state index in [1.54, 1.807) is 0 Å². The maximum atomic E-state index is 6.09. The molecule has 0 spiro atoms. The largest absolute Gasteiger partial charge is 0.193 e. The van der Waals surface area contributed by atoms with Crippen molar-refractivity contribution in [3.8, 4) is 0 Å². The van der Waals surface area contributed by atoms with Gasteiger partial charge in [0.15, 0.2) is 0 Å². The van der Waals surface area contributed by atoms with Crippen LogP contribution in [0.4, 0.5) is 0 Å². The Morgan fingerprint density at radius 3 is 1.13 bits per heavy atom. The molecule has 45 heavy (non-hydrogen) atoms. The second kappa shape index (κ2) is 19.3. The molecule has 4 aromatic rings. The van der Waals surface area contributed by atoms with E-state index in [1.807, 2.05) is 36.4 Å². The van der Waals surface area contributed by atoms with Gasteiger partial charge in [-0.15, -0.1) is 0 Å². The third kappa shape index (κ3) is 11.0. The molecule has 0 aliphatic rings. The van der Waals surface area contributed by atoms with Gasteiger partial charge in [0.25, 0.3) is 0 Å². The fourth-order valence-corrected chi connectivity index (χ4v) is 6.17. The van der Waals surface area contributed by atoms with E-state index in [-0.39, 0.29) is 0 Å². The van der Waals surface area contributed by atoms with Crippen LogP contribution in [0.1, 0.15) is 125 Å². The number of rotatable bonds is 20. The average molecular weight is 607 g/mol. The molecule has 0 radical (unpaired) electrons. The number of hydrogen-bond acceptors (Lipinski definition) is 3. The van der Waals surface area contributed by atoms with Crippen LogP contribution < -0.4 is 0 Å². The molecule has 0 fully saturated rings. The molecule has 0 amide bonds. The van der Waals surface area contributed by atoms with Crippen LogP contribution >= 0.6 is 0 Å². The topological polar surface area (TPSA) is 27.7 Å². The van der Waals surface area contributed by atoms with Crippen molar-refractivity contribution in [3.63, 3.8) is 0 Å². The molecule has 4 aromatic carbocycles. The minimum absolute atomic E-state index is 0.421. The summed E-state index contributed by atoms with van der Waals surface area (Å²) in [6, 6.07) is 38.0. The molecule has 0 saturated heterocycles. The van der Waals surface area contributed by atoms with Crippen LogP contribution in [0.25, 0.3) is 0 Å². The Hall–Kier alpha value is -3.24. The SMILES string of the molecule is CCCCC(CC)Cc1ccc(C(OOOC(c2ccccc2)c2ccc(CC(CC)CCCC)cc2)c2ccccc2)cc1. The first-order valence-corrected chi connectivity index (χ1v) is 17.4. The Morgan fingerprint density at radius 1 is 0.444 bits per heavy atom. The summed E-state index contributed by atoms with van der Waals surface area (Å²) in [5.74, 6) is 1.46. The first-order valence-electron chi connectivity index (χ1n) is 17.4. The molecule has 0 aliphatic heterocycles. The lowest BCUT2D eigenvalue weighted by atomic mass is 9.91. The van der Waals surface area contributed by atoms with E-state index in [0.29, 0.717) is 0 Å². The molecule has 0 aromatic heterocycles. The van der Waals surface area contributed by atoms with Crippen LogP contribution in [-0.2, 0) is 27.7 Å². The molecular weight excluding hydrogens is 552 g/mol. The summed E-state index contributed by atoms with van der Waals surface area (Å²) in [5.41, 5.74) is 6.83. The summed E-state index contributed by atoms with van der Waals surface area (Å²) in [7, 11) is 0. The second-order valence-corrected chi connectivity index (χ2v) is 12.6. The van der Waals surface area contributed by atoms with Crippen LogP contribution in [0.2, 0.25) is 0 Å². The van der Waals surface area contributed by atoms with Crippen molar-refractivity contribution in [2.45, 2.75) is 104 Å². The normalized spacial score (nSPS) is 14.1. The standard InChI is InChI=1S/C42H54O3/c1-5-9-17-33(7-3)31-35-23-27-39(28-24-35)41(37-19-13-11-14-20-37)43-45-44-42(38-21-15-12-16-22-38)40-29-25-36(26-30-40)32-34(8-4)18-10-6-2/h11-16,19-30,33-34,41-42H,5-10,17-18,31-32H2,1-4H3. The van der Waals surface area contributed by atoms with Crippen LogP contribution in [0.5, 0.6) is 0 Å². The van der Waals surface area contributed by atoms with Crippen LogP contribution in [0.3, 0.4) is 0 Å². The van der Waals surface area contributed by atoms with Gasteiger partial charge in [-0.25, -0.2) is 0 Å². The zero-order chi connectivity index (χ0) is 31.7. The van der Waals surface area contributed by atoms with E-state index >= 15 is 0 Å². The molecule has 0 heterocycles. The summed E-state index contributed by atoms with van der Waals surface area (Å²) in [6.45, 7) is 9.15. The Labute approximate surface area is 272 Å². The average Bonchev–Trinajstić information content (AvgIpc) is 3.10. The zero-order valence-electron chi connectivity index (χ0n) is 28.0. The molecule has 0 aliphatic carbocycles. The Balaban J connectivity index is 1.48. The maximum absolute atomic E-state index is 6.09. The van der Waals surface area contributed by atoms with Gasteiger partial charge in [-0.05, 0) is 58.1 Å². The van der Waals surface area contributed by atoms with Gasteiger partial charge in [0, 0.05) is 0 Å². The highest BCUT2D eigenvalue weighted by molar-refractivity contribution is 5.33. The fourth-order valence-electron chi connectivity index (χ4n) is 6.17. The summed E-state index contributed by atoms with van der Waals surface area (Å²) >= 11 is 0. The Morgan fingerprint density at radius 2 is 0.800 bits per heavy atom. The van der Waals surface area contributed by atoms with Gasteiger partial charge in [-0.3, -0.25) is 0 Å². The Bertz CT molecular complexity index is 1210. The summed E-state index contributed by atoms with van der Waals surface area (Å²) in [6.07, 6.45) is 11.5. The Kier molecular flexibility index (Phi) is 14.9. The molecule has 0 saturated carbocycles. The van der Waals surface area contributed by atoms with E-state index in [1.165, 1.54) is 62.5 Å². The number of benzene rings is 4. The molecular formula is C42H54O3. The van der Waals surface area contributed by atoms with Crippen molar-refractivity contribution in [2.24, 2.45) is 11.8 Å². The second-order valence-electron chi connectivity index (χ2n) is 12.6. The van der Waals surface area contributed by atoms with Gasteiger partial charge in [-0.2, -0.15) is 9.78 Å². The van der Waals surface area contributed by atoms with Crippen molar-refractivity contribution in [2.75, 3.05) is 0 Å². The summed E-state index contributed by atoms with van der Waals surface area (Å²) in [5, 5.41) is 5.69. The smallest absolute Gasteiger partial charge is 0.146 e. The van der Waals surface area contributed by atoms with Crippen molar-refractivity contribution < 1.29 is 14.8 Å². The quantitative estimate of drug-likeness (QED) is 0.0740. The van der Waals surface area contributed by atoms with Crippen molar-refractivity contribution in [1.82, 2.24) is 0 Å². The van der Waals surface area contributed by atoms with Gasteiger partial charge in [0.2, 0.25) is 0 Å². The highest BCUT2D eigenvalue weighted by atomic mass is 17.5. The number of hydrogen-bond donors (Lipinski definition) is 0. The summed E-state index contributed by atoms with van der Waals surface area (Å²) < 4.78 is 0. The van der Waals surface area contributed by atoms with E-state index < -0.39 is 12.2 Å². The van der Waals surface area contributed by atoms with Crippen molar-refractivity contribution in [1.29, 1.82) is 0 Å². The molecule has 4 atom stereocenters. The fraction of sp³-hybridized carbons (Fsp3) is 0.429. The molecule has 3 nitrogen and oxygen atoms in total. The predicted octanol–water partition coefficient (Wildman–Crippen LogP) is 12.0. The van der Waals surface area contributed by atoms with Gasteiger partial charge in [-0.1, -0.05) is 193 Å². The summed E-state index contributed by atoms with van der Waals surface area (Å²) in [4.78, 5) is 12.2. The molecule has 0 bridgehead atoms. The van der Waals surface area contributed by atoms with Crippen LogP contribution in [0, 0.1) is 11.8 Å². The lowest BCUT2D eigenvalue weighted by Crippen LogP contribution is -2.12. The molecule has 3 heteroatoms. The number of unbranched alkanes of at least 4 members (excludes halogenated alkanes) is 2. The predicted molar refractivity (Wildman–Crippen MR) is 187 cm³/mol. The van der Waals surface area contributed by atoms with Crippen LogP contribution in [0.15, 0.2) is 109 Å². The van der Waals surface area contributed by atoms with Crippen LogP contribution in [-0.4, -0.2) is 0 Å². The minimum atomic E-state index is -0.421. The van der Waals surface area contributed by atoms with E-state index in [4.69, 9.17) is 14.8 Å². The lowest BCUT2D eigenvalue weighted by molar-refractivity contribution is -0.536. The highest BCUT2D eigenvalue weighted by Crippen LogP contribution is 2.31. The third-order valence-corrected chi connectivity index (χ3v) is 9.18. The molecule has 0 N–H and O–H groups in total. The van der Waals surface area contributed by atoms with E-state index in [2.05, 4.69) is 100 Å². The highest BCUT2D eigenvalue weighted by Gasteiger charge is 2.21. The maximum Gasteiger partial charge on any atom is 0.146 e. The lowest BCUT2D eigenvalue weighted by Gasteiger charge is -2.21. The monoisotopic (exact) mass is 606 g/mol. The molecule has 4 rings (SSSR count). The van der Waals surface area contributed by atoms with Gasteiger partial charge in [0.05, 0.1) is 0 Å². The first kappa shape index (κ1) is 34.6. The van der Waals surface area contributed by atoms with Crippen molar-refractivity contribution in [3.05, 3.63) is 143 Å². The third-order valence-electron chi connectivity index (χ3n) is 9.18. The van der Waals surface area contributed by atoms with E-state index in [0.717, 1.165) is 46.9 Å².